The maximum atomic E-state index is 11.8. The fourth-order valence-corrected chi connectivity index (χ4v) is 1.87. The second-order valence-electron chi connectivity index (χ2n) is 4.86. The minimum atomic E-state index is -0.956. The molecule has 0 bridgehead atoms. The van der Waals surface area contributed by atoms with Crippen LogP contribution in [0.3, 0.4) is 0 Å². The number of nitro benzene ring substituents is 1. The van der Waals surface area contributed by atoms with E-state index in [0.29, 0.717) is 16.1 Å². The molecular formula is C16H16N2O5. The Morgan fingerprint density at radius 2 is 1.74 bits per heavy atom. The van der Waals surface area contributed by atoms with Crippen molar-refractivity contribution < 1.29 is 19.5 Å². The van der Waals surface area contributed by atoms with Crippen molar-refractivity contribution in [3.05, 3.63) is 75.5 Å². The first kappa shape index (κ1) is 16.4. The molecule has 1 unspecified atom stereocenters. The third-order valence-electron chi connectivity index (χ3n) is 2.97. The molecule has 7 heteroatoms. The molecule has 1 atom stereocenters. The Hall–Kier alpha value is -2.93. The van der Waals surface area contributed by atoms with Gasteiger partial charge in [0, 0.05) is 17.7 Å². The first-order valence-corrected chi connectivity index (χ1v) is 6.93. The summed E-state index contributed by atoms with van der Waals surface area (Å²) in [6.07, 6.45) is 0.303. The van der Waals surface area contributed by atoms with Crippen LogP contribution in [-0.2, 0) is 0 Å². The van der Waals surface area contributed by atoms with Gasteiger partial charge in [-0.15, -0.1) is 0 Å². The number of rotatable bonds is 7. The summed E-state index contributed by atoms with van der Waals surface area (Å²) in [6, 6.07) is 14.5. The number of para-hydroxylation sites is 1. The number of aliphatic hydroxyl groups is 1. The van der Waals surface area contributed by atoms with E-state index in [0.717, 1.165) is 0 Å². The van der Waals surface area contributed by atoms with Gasteiger partial charge >= 0.3 is 0 Å². The minimum Gasteiger partial charge on any atom is -0.624 e. The highest BCUT2D eigenvalue weighted by Crippen LogP contribution is 2.11. The Kier molecular flexibility index (Phi) is 5.65. The number of nitrogens with zero attached hydrogens (tertiary/aromatic N) is 2. The van der Waals surface area contributed by atoms with Crippen LogP contribution in [0.2, 0.25) is 0 Å². The molecule has 0 aliphatic rings. The molecule has 0 saturated heterocycles. The number of benzene rings is 2. The number of aliphatic hydroxyl groups excluding tert-OH is 1. The van der Waals surface area contributed by atoms with Gasteiger partial charge in [-0.2, -0.15) is 0 Å². The summed E-state index contributed by atoms with van der Waals surface area (Å²) < 4.78 is 5.93. The molecule has 0 aliphatic heterocycles. The van der Waals surface area contributed by atoms with Gasteiger partial charge in [0.15, 0.2) is 12.8 Å². The van der Waals surface area contributed by atoms with E-state index in [-0.39, 0.29) is 18.8 Å². The van der Waals surface area contributed by atoms with Crippen molar-refractivity contribution >= 4 is 11.9 Å². The second kappa shape index (κ2) is 7.90. The van der Waals surface area contributed by atoms with E-state index in [1.165, 1.54) is 30.5 Å². The van der Waals surface area contributed by atoms with Crippen molar-refractivity contribution in [1.29, 1.82) is 0 Å². The third kappa shape index (κ3) is 5.40. The van der Waals surface area contributed by atoms with Crippen LogP contribution in [0.15, 0.2) is 54.6 Å². The number of hydrogen-bond acceptors (Lipinski definition) is 5. The topological polar surface area (TPSA) is 98.7 Å². The summed E-state index contributed by atoms with van der Waals surface area (Å²) in [5.74, 6) is 0.614. The molecule has 0 fully saturated rings. The van der Waals surface area contributed by atoms with Crippen LogP contribution in [0, 0.1) is 15.3 Å². The van der Waals surface area contributed by atoms with Crippen LogP contribution in [0.5, 0.6) is 5.75 Å². The average Bonchev–Trinajstić information content (AvgIpc) is 2.54. The van der Waals surface area contributed by atoms with Gasteiger partial charge in [0.25, 0.3) is 5.69 Å². The lowest BCUT2D eigenvalue weighted by Gasteiger charge is -2.12. The van der Waals surface area contributed by atoms with Crippen LogP contribution in [0.4, 0.5) is 5.69 Å². The molecule has 7 nitrogen and oxygen atoms in total. The standard InChI is InChI=1S/C16H16N2O5/c19-15(12-23-16-4-2-1-3-5-16)11-17(20)10-13-6-8-14(9-7-13)18(21)22/h1-10,15,19H,11-12H2/b17-10-. The summed E-state index contributed by atoms with van der Waals surface area (Å²) in [5.41, 5.74) is 0.470. The Balaban J connectivity index is 1.87. The van der Waals surface area contributed by atoms with Gasteiger partial charge in [0.1, 0.15) is 18.5 Å². The highest BCUT2D eigenvalue weighted by atomic mass is 16.6. The highest BCUT2D eigenvalue weighted by Gasteiger charge is 2.11. The molecule has 0 saturated carbocycles. The molecule has 2 aromatic rings. The first-order valence-electron chi connectivity index (χ1n) is 6.93. The Labute approximate surface area is 132 Å². The van der Waals surface area contributed by atoms with Gasteiger partial charge in [-0.1, -0.05) is 18.2 Å². The van der Waals surface area contributed by atoms with E-state index in [4.69, 9.17) is 4.74 Å². The highest BCUT2D eigenvalue weighted by molar-refractivity contribution is 5.76. The van der Waals surface area contributed by atoms with Crippen LogP contribution in [0.1, 0.15) is 5.56 Å². The number of nitro groups is 1. The van der Waals surface area contributed by atoms with Crippen LogP contribution in [-0.4, -0.2) is 40.2 Å². The normalized spacial score (nSPS) is 12.7. The Morgan fingerprint density at radius 3 is 2.35 bits per heavy atom. The fourth-order valence-electron chi connectivity index (χ4n) is 1.87. The zero-order valence-electron chi connectivity index (χ0n) is 12.2. The van der Waals surface area contributed by atoms with Gasteiger partial charge in [-0.05, 0) is 24.3 Å². The molecule has 0 amide bonds. The van der Waals surface area contributed by atoms with Crippen molar-refractivity contribution in [1.82, 2.24) is 0 Å². The van der Waals surface area contributed by atoms with E-state index in [9.17, 15) is 20.4 Å². The molecule has 0 spiro atoms. The molecule has 0 heterocycles. The molecule has 0 aliphatic carbocycles. The number of non-ortho nitro benzene ring substituents is 1. The number of hydroxylamine groups is 1. The summed E-state index contributed by atoms with van der Waals surface area (Å²) in [6.45, 7) is -0.166. The van der Waals surface area contributed by atoms with E-state index in [1.54, 1.807) is 12.1 Å². The first-order chi connectivity index (χ1) is 11.0. The van der Waals surface area contributed by atoms with E-state index in [2.05, 4.69) is 0 Å². The fraction of sp³-hybridized carbons (Fsp3) is 0.188. The molecular weight excluding hydrogens is 300 g/mol. The van der Waals surface area contributed by atoms with Gasteiger partial charge in [0.2, 0.25) is 0 Å². The number of ether oxygens (including phenoxy) is 1. The quantitative estimate of drug-likeness (QED) is 0.277. The lowest BCUT2D eigenvalue weighted by Crippen LogP contribution is -2.27. The van der Waals surface area contributed by atoms with E-state index < -0.39 is 11.0 Å². The maximum absolute atomic E-state index is 11.8. The van der Waals surface area contributed by atoms with Crippen molar-refractivity contribution in [3.8, 4) is 5.75 Å². The van der Waals surface area contributed by atoms with Crippen molar-refractivity contribution in [2.45, 2.75) is 6.10 Å². The summed E-state index contributed by atoms with van der Waals surface area (Å²) in [4.78, 5) is 10.0. The summed E-state index contributed by atoms with van der Waals surface area (Å²) >= 11 is 0. The predicted molar refractivity (Wildman–Crippen MR) is 84.7 cm³/mol. The zero-order chi connectivity index (χ0) is 16.7. The van der Waals surface area contributed by atoms with Gasteiger partial charge in [-0.3, -0.25) is 10.1 Å². The monoisotopic (exact) mass is 316 g/mol. The molecule has 0 radical (unpaired) electrons. The second-order valence-corrected chi connectivity index (χ2v) is 4.86. The molecule has 2 rings (SSSR count). The third-order valence-corrected chi connectivity index (χ3v) is 2.97. The van der Waals surface area contributed by atoms with Gasteiger partial charge < -0.3 is 15.1 Å². The summed E-state index contributed by atoms with van der Waals surface area (Å²) in [7, 11) is 0. The SMILES string of the molecule is O=[N+]([O-])c1ccc(/C=[N+](\[O-])CC(O)COc2ccccc2)cc1. The molecule has 2 aromatic carbocycles. The van der Waals surface area contributed by atoms with Crippen molar-refractivity contribution in [2.24, 2.45) is 0 Å². The van der Waals surface area contributed by atoms with E-state index in [1.807, 2.05) is 18.2 Å². The Bertz CT molecular complexity index is 671. The summed E-state index contributed by atoms with van der Waals surface area (Å²) in [5, 5.41) is 32.1. The lowest BCUT2D eigenvalue weighted by molar-refractivity contribution is -0.464. The molecule has 23 heavy (non-hydrogen) atoms. The number of hydrogen-bond donors (Lipinski definition) is 1. The maximum Gasteiger partial charge on any atom is 0.269 e. The average molecular weight is 316 g/mol. The van der Waals surface area contributed by atoms with Crippen LogP contribution < -0.4 is 4.74 Å². The van der Waals surface area contributed by atoms with Crippen molar-refractivity contribution in [3.63, 3.8) is 0 Å². The zero-order valence-corrected chi connectivity index (χ0v) is 12.2. The van der Waals surface area contributed by atoms with Crippen LogP contribution in [0.25, 0.3) is 0 Å². The lowest BCUT2D eigenvalue weighted by atomic mass is 10.2. The van der Waals surface area contributed by atoms with Gasteiger partial charge in [-0.25, -0.2) is 4.74 Å². The van der Waals surface area contributed by atoms with E-state index >= 15 is 0 Å². The largest absolute Gasteiger partial charge is 0.624 e. The molecule has 1 N–H and O–H groups in total. The predicted octanol–water partition coefficient (Wildman–Crippen LogP) is 1.96. The van der Waals surface area contributed by atoms with Gasteiger partial charge in [0.05, 0.1) is 4.92 Å². The minimum absolute atomic E-state index is 0.00312. The smallest absolute Gasteiger partial charge is 0.269 e. The molecule has 0 aromatic heterocycles. The Morgan fingerprint density at radius 1 is 1.09 bits per heavy atom. The van der Waals surface area contributed by atoms with Crippen LogP contribution >= 0.6 is 0 Å². The molecule has 120 valence electrons. The van der Waals surface area contributed by atoms with Crippen molar-refractivity contribution in [2.75, 3.05) is 13.2 Å².